The van der Waals surface area contributed by atoms with Crippen molar-refractivity contribution in [1.82, 2.24) is 0 Å². The fraction of sp³-hybridized carbons (Fsp3) is 0.240. The molecule has 1 heterocycles. The number of halogens is 1. The average Bonchev–Trinajstić information content (AvgIpc) is 2.81. The molecular weight excluding hydrogens is 457 g/mol. The second-order valence-corrected chi connectivity index (χ2v) is 9.97. The SMILES string of the molecule is Cc1cccc(N2CCN(c3ccc(NS(=O)(=O)c4ccc(F)cc4)cc3C(=O)O)CC2)c1C. The van der Waals surface area contributed by atoms with E-state index in [1.165, 1.54) is 22.9 Å². The van der Waals surface area contributed by atoms with E-state index in [0.29, 0.717) is 18.8 Å². The Bertz CT molecular complexity index is 1320. The van der Waals surface area contributed by atoms with Crippen LogP contribution >= 0.6 is 0 Å². The molecule has 0 spiro atoms. The van der Waals surface area contributed by atoms with Crippen LogP contribution in [-0.2, 0) is 10.0 Å². The highest BCUT2D eigenvalue weighted by Crippen LogP contribution is 2.29. The first-order valence-corrected chi connectivity index (χ1v) is 12.4. The summed E-state index contributed by atoms with van der Waals surface area (Å²) in [6.07, 6.45) is 0. The van der Waals surface area contributed by atoms with Crippen LogP contribution in [0.5, 0.6) is 0 Å². The molecule has 3 aromatic rings. The van der Waals surface area contributed by atoms with Crippen LogP contribution in [0.25, 0.3) is 0 Å². The Hall–Kier alpha value is -3.59. The van der Waals surface area contributed by atoms with E-state index in [9.17, 15) is 22.7 Å². The highest BCUT2D eigenvalue weighted by molar-refractivity contribution is 7.92. The van der Waals surface area contributed by atoms with Gasteiger partial charge in [0, 0.05) is 37.6 Å². The Kier molecular flexibility index (Phi) is 6.47. The van der Waals surface area contributed by atoms with Gasteiger partial charge in [0.15, 0.2) is 0 Å². The molecule has 1 fully saturated rings. The number of piperazine rings is 1. The number of rotatable bonds is 6. The Morgan fingerprint density at radius 2 is 1.53 bits per heavy atom. The zero-order chi connectivity index (χ0) is 24.5. The molecule has 2 N–H and O–H groups in total. The molecule has 0 atom stereocenters. The molecule has 0 amide bonds. The zero-order valence-corrected chi connectivity index (χ0v) is 19.8. The van der Waals surface area contributed by atoms with Gasteiger partial charge in [-0.1, -0.05) is 12.1 Å². The second-order valence-electron chi connectivity index (χ2n) is 8.29. The summed E-state index contributed by atoms with van der Waals surface area (Å²) in [7, 11) is -3.99. The van der Waals surface area contributed by atoms with Gasteiger partial charge in [-0.05, 0) is 73.5 Å². The van der Waals surface area contributed by atoms with Gasteiger partial charge in [0.2, 0.25) is 0 Å². The van der Waals surface area contributed by atoms with Crippen LogP contribution in [0.3, 0.4) is 0 Å². The summed E-state index contributed by atoms with van der Waals surface area (Å²) in [5.41, 5.74) is 4.33. The van der Waals surface area contributed by atoms with Crippen molar-refractivity contribution < 1.29 is 22.7 Å². The predicted molar refractivity (Wildman–Crippen MR) is 131 cm³/mol. The molecule has 0 aliphatic carbocycles. The number of hydrogen-bond acceptors (Lipinski definition) is 5. The lowest BCUT2D eigenvalue weighted by Gasteiger charge is -2.38. The Morgan fingerprint density at radius 3 is 2.15 bits per heavy atom. The molecule has 178 valence electrons. The molecule has 1 saturated heterocycles. The minimum Gasteiger partial charge on any atom is -0.478 e. The summed E-state index contributed by atoms with van der Waals surface area (Å²) in [4.78, 5) is 16.2. The number of benzene rings is 3. The summed E-state index contributed by atoms with van der Waals surface area (Å²) in [5, 5.41) is 9.81. The normalized spacial score (nSPS) is 14.2. The number of hydrogen-bond donors (Lipinski definition) is 2. The van der Waals surface area contributed by atoms with Gasteiger partial charge in [0.1, 0.15) is 5.82 Å². The first-order chi connectivity index (χ1) is 16.2. The maximum absolute atomic E-state index is 13.1. The van der Waals surface area contributed by atoms with Crippen LogP contribution in [0.15, 0.2) is 65.6 Å². The van der Waals surface area contributed by atoms with Crippen LogP contribution in [0, 0.1) is 19.7 Å². The molecule has 0 aromatic heterocycles. The van der Waals surface area contributed by atoms with Crippen molar-refractivity contribution in [3.63, 3.8) is 0 Å². The molecule has 1 aliphatic heterocycles. The largest absolute Gasteiger partial charge is 0.478 e. The quantitative estimate of drug-likeness (QED) is 0.544. The molecule has 4 rings (SSSR count). The van der Waals surface area contributed by atoms with E-state index in [1.807, 2.05) is 11.0 Å². The Labute approximate surface area is 198 Å². The molecule has 9 heteroatoms. The van der Waals surface area contributed by atoms with Gasteiger partial charge in [-0.25, -0.2) is 17.6 Å². The van der Waals surface area contributed by atoms with Crippen molar-refractivity contribution in [2.75, 3.05) is 40.7 Å². The Morgan fingerprint density at radius 1 is 0.912 bits per heavy atom. The molecule has 34 heavy (non-hydrogen) atoms. The van der Waals surface area contributed by atoms with Gasteiger partial charge in [0.25, 0.3) is 10.0 Å². The smallest absolute Gasteiger partial charge is 0.337 e. The van der Waals surface area contributed by atoms with E-state index in [-0.39, 0.29) is 16.1 Å². The topological polar surface area (TPSA) is 90.0 Å². The molecule has 0 saturated carbocycles. The predicted octanol–water partition coefficient (Wildman–Crippen LogP) is 4.27. The van der Waals surface area contributed by atoms with Gasteiger partial charge in [-0.15, -0.1) is 0 Å². The van der Waals surface area contributed by atoms with Crippen molar-refractivity contribution in [3.8, 4) is 0 Å². The third-order valence-corrected chi connectivity index (χ3v) is 7.54. The summed E-state index contributed by atoms with van der Waals surface area (Å²) in [6, 6.07) is 15.1. The second kappa shape index (κ2) is 9.34. The number of carboxylic acid groups (broad SMARTS) is 1. The van der Waals surface area contributed by atoms with Crippen molar-refractivity contribution in [2.24, 2.45) is 0 Å². The van der Waals surface area contributed by atoms with Gasteiger partial charge < -0.3 is 14.9 Å². The highest BCUT2D eigenvalue weighted by atomic mass is 32.2. The van der Waals surface area contributed by atoms with E-state index in [0.717, 1.165) is 37.4 Å². The highest BCUT2D eigenvalue weighted by Gasteiger charge is 2.24. The van der Waals surface area contributed by atoms with E-state index in [1.54, 1.807) is 12.1 Å². The lowest BCUT2D eigenvalue weighted by Crippen LogP contribution is -2.47. The fourth-order valence-electron chi connectivity index (χ4n) is 4.14. The van der Waals surface area contributed by atoms with Crippen molar-refractivity contribution in [1.29, 1.82) is 0 Å². The van der Waals surface area contributed by atoms with Crippen LogP contribution in [0.4, 0.5) is 21.5 Å². The van der Waals surface area contributed by atoms with Crippen molar-refractivity contribution in [3.05, 3.63) is 83.2 Å². The van der Waals surface area contributed by atoms with E-state index < -0.39 is 21.8 Å². The molecule has 3 aromatic carbocycles. The summed E-state index contributed by atoms with van der Waals surface area (Å²) >= 11 is 0. The fourth-order valence-corrected chi connectivity index (χ4v) is 5.19. The summed E-state index contributed by atoms with van der Waals surface area (Å²) < 4.78 is 40.7. The molecule has 0 bridgehead atoms. The number of aromatic carboxylic acids is 1. The standard InChI is InChI=1S/C25H26FN3O4S/c1-17-4-3-5-23(18(17)2)28-12-14-29(15-13-28)24-11-8-20(16-22(24)25(30)31)27-34(32,33)21-9-6-19(26)7-10-21/h3-11,16,27H,12-15H2,1-2H3,(H,30,31). The first kappa shape index (κ1) is 23.6. The van der Waals surface area contributed by atoms with Crippen molar-refractivity contribution in [2.45, 2.75) is 18.7 Å². The van der Waals surface area contributed by atoms with Crippen LogP contribution in [0.1, 0.15) is 21.5 Å². The lowest BCUT2D eigenvalue weighted by atomic mass is 10.1. The molecule has 0 radical (unpaired) electrons. The third-order valence-electron chi connectivity index (χ3n) is 6.14. The molecule has 7 nitrogen and oxygen atoms in total. The van der Waals surface area contributed by atoms with E-state index in [2.05, 4.69) is 35.6 Å². The van der Waals surface area contributed by atoms with E-state index in [4.69, 9.17) is 0 Å². The summed E-state index contributed by atoms with van der Waals surface area (Å²) in [6.45, 7) is 6.93. The number of nitrogens with zero attached hydrogens (tertiary/aromatic N) is 2. The molecule has 1 aliphatic rings. The Balaban J connectivity index is 1.53. The van der Waals surface area contributed by atoms with Gasteiger partial charge >= 0.3 is 5.97 Å². The summed E-state index contributed by atoms with van der Waals surface area (Å²) in [5.74, 6) is -1.69. The number of carboxylic acids is 1. The number of sulfonamides is 1. The van der Waals surface area contributed by atoms with Crippen molar-refractivity contribution >= 4 is 33.1 Å². The van der Waals surface area contributed by atoms with Crippen LogP contribution in [-0.4, -0.2) is 45.7 Å². The number of anilines is 3. The molecular formula is C25H26FN3O4S. The minimum absolute atomic E-state index is 0.0134. The van der Waals surface area contributed by atoms with Crippen LogP contribution in [0.2, 0.25) is 0 Å². The maximum atomic E-state index is 13.1. The monoisotopic (exact) mass is 483 g/mol. The van der Waals surface area contributed by atoms with Gasteiger partial charge in [0.05, 0.1) is 16.1 Å². The van der Waals surface area contributed by atoms with Crippen LogP contribution < -0.4 is 14.5 Å². The number of carbonyl (C=O) groups is 1. The number of aryl methyl sites for hydroxylation is 1. The molecule has 0 unspecified atom stereocenters. The van der Waals surface area contributed by atoms with Gasteiger partial charge in [-0.2, -0.15) is 0 Å². The lowest BCUT2D eigenvalue weighted by molar-refractivity contribution is 0.0697. The minimum atomic E-state index is -3.99. The number of nitrogens with one attached hydrogen (secondary N) is 1. The third kappa shape index (κ3) is 4.84. The zero-order valence-electron chi connectivity index (χ0n) is 19.0. The average molecular weight is 484 g/mol. The maximum Gasteiger partial charge on any atom is 0.337 e. The van der Waals surface area contributed by atoms with E-state index >= 15 is 0 Å². The first-order valence-electron chi connectivity index (χ1n) is 10.9. The van der Waals surface area contributed by atoms with Gasteiger partial charge in [-0.3, -0.25) is 4.72 Å².